The second-order valence-electron chi connectivity index (χ2n) is 7.68. The first-order chi connectivity index (χ1) is 14.0. The molecule has 0 amide bonds. The number of halogens is 1. The zero-order valence-electron chi connectivity index (χ0n) is 16.6. The first-order valence-electron chi connectivity index (χ1n) is 9.75. The van der Waals surface area contributed by atoms with Gasteiger partial charge in [-0.25, -0.2) is 0 Å². The van der Waals surface area contributed by atoms with Gasteiger partial charge in [0.15, 0.2) is 0 Å². The molecular weight excluding hydrogens is 390 g/mol. The molecule has 0 aliphatic carbocycles. The van der Waals surface area contributed by atoms with Crippen molar-refractivity contribution in [3.05, 3.63) is 52.0 Å². The number of ether oxygens (including phenoxy) is 1. The second-order valence-corrected chi connectivity index (χ2v) is 8.06. The number of aromatic nitrogens is 1. The second kappa shape index (κ2) is 8.34. The molecule has 2 aromatic carbocycles. The lowest BCUT2D eigenvalue weighted by Gasteiger charge is -2.15. The van der Waals surface area contributed by atoms with Crippen molar-refractivity contribution >= 4 is 22.5 Å². The van der Waals surface area contributed by atoms with Gasteiger partial charge in [0.2, 0.25) is 0 Å². The summed E-state index contributed by atoms with van der Waals surface area (Å²) in [5, 5.41) is 24.2. The molecule has 0 spiro atoms. The summed E-state index contributed by atoms with van der Waals surface area (Å²) in [5.74, 6) is 0.566. The fraction of sp³-hybridized carbons (Fsp3) is 0.364. The highest BCUT2D eigenvalue weighted by molar-refractivity contribution is 6.33. The van der Waals surface area contributed by atoms with E-state index >= 15 is 0 Å². The van der Waals surface area contributed by atoms with Gasteiger partial charge in [-0.15, -0.1) is 0 Å². The largest absolute Gasteiger partial charge is 0.492 e. The van der Waals surface area contributed by atoms with Crippen molar-refractivity contribution in [1.29, 1.82) is 0 Å². The summed E-state index contributed by atoms with van der Waals surface area (Å²) >= 11 is 6.55. The van der Waals surface area contributed by atoms with E-state index in [-0.39, 0.29) is 6.61 Å². The van der Waals surface area contributed by atoms with Gasteiger partial charge in [-0.3, -0.25) is 5.32 Å². The molecule has 1 atom stereocenters. The third-order valence-electron chi connectivity index (χ3n) is 5.15. The highest BCUT2D eigenvalue weighted by atomic mass is 35.5. The minimum atomic E-state index is -0.778. The summed E-state index contributed by atoms with van der Waals surface area (Å²) in [6.45, 7) is 1.79. The number of H-pyrrole nitrogens is 1. The van der Waals surface area contributed by atoms with Crippen LogP contribution in [0.15, 0.2) is 30.3 Å². The summed E-state index contributed by atoms with van der Waals surface area (Å²) in [6.07, 6.45) is -0.246. The predicted molar refractivity (Wildman–Crippen MR) is 115 cm³/mol. The Morgan fingerprint density at radius 3 is 2.83 bits per heavy atom. The van der Waals surface area contributed by atoms with Crippen LogP contribution in [0.25, 0.3) is 22.2 Å². The minimum Gasteiger partial charge on any atom is -0.492 e. The van der Waals surface area contributed by atoms with Crippen molar-refractivity contribution < 1.29 is 14.9 Å². The Morgan fingerprint density at radius 2 is 2.07 bits per heavy atom. The predicted octanol–water partition coefficient (Wildman–Crippen LogP) is 3.41. The van der Waals surface area contributed by atoms with E-state index in [4.69, 9.17) is 21.4 Å². The smallest absolute Gasteiger partial charge is 0.138 e. The number of benzene rings is 2. The molecule has 7 heteroatoms. The average Bonchev–Trinajstić information content (AvgIpc) is 3.27. The first-order valence-corrected chi connectivity index (χ1v) is 10.1. The number of aliphatic hydroxyl groups is 2. The van der Waals surface area contributed by atoms with Crippen LogP contribution < -0.4 is 10.1 Å². The van der Waals surface area contributed by atoms with Gasteiger partial charge in [-0.2, -0.15) is 0 Å². The van der Waals surface area contributed by atoms with Gasteiger partial charge in [-0.1, -0.05) is 17.7 Å². The number of hydrogen-bond acceptors (Lipinski definition) is 5. The number of fused-ring (bicyclic) bond motifs is 2. The maximum atomic E-state index is 10.5. The fourth-order valence-electron chi connectivity index (χ4n) is 3.85. The van der Waals surface area contributed by atoms with Crippen LogP contribution in [0.1, 0.15) is 29.3 Å². The summed E-state index contributed by atoms with van der Waals surface area (Å²) in [4.78, 5) is 5.60. The van der Waals surface area contributed by atoms with Crippen LogP contribution >= 0.6 is 11.6 Å². The van der Waals surface area contributed by atoms with E-state index in [9.17, 15) is 5.11 Å². The van der Waals surface area contributed by atoms with Crippen molar-refractivity contribution in [3.63, 3.8) is 0 Å². The lowest BCUT2D eigenvalue weighted by molar-refractivity contribution is 0.152. The van der Waals surface area contributed by atoms with Gasteiger partial charge in [0, 0.05) is 53.8 Å². The quantitative estimate of drug-likeness (QED) is 0.445. The lowest BCUT2D eigenvalue weighted by Crippen LogP contribution is -2.10. The molecule has 0 fully saturated rings. The average molecular weight is 416 g/mol. The lowest BCUT2D eigenvalue weighted by atomic mass is 9.99. The Morgan fingerprint density at radius 1 is 1.24 bits per heavy atom. The molecule has 1 aromatic heterocycles. The summed E-state index contributed by atoms with van der Waals surface area (Å²) in [6, 6.07) is 10.4. The third-order valence-corrected chi connectivity index (χ3v) is 5.57. The van der Waals surface area contributed by atoms with Gasteiger partial charge in [0.25, 0.3) is 0 Å². The molecule has 4 rings (SSSR count). The van der Waals surface area contributed by atoms with E-state index in [1.165, 1.54) is 5.56 Å². The Hall–Kier alpha value is -2.09. The van der Waals surface area contributed by atoms with E-state index in [0.29, 0.717) is 30.3 Å². The van der Waals surface area contributed by atoms with Crippen LogP contribution in [0.5, 0.6) is 5.75 Å². The molecule has 4 N–H and O–H groups in total. The number of hydrogen-bond donors (Lipinski definition) is 4. The van der Waals surface area contributed by atoms with Gasteiger partial charge >= 0.3 is 0 Å². The molecule has 29 heavy (non-hydrogen) atoms. The van der Waals surface area contributed by atoms with Gasteiger partial charge < -0.3 is 24.8 Å². The number of nitrogens with zero attached hydrogens (tertiary/aromatic N) is 1. The molecule has 1 aliphatic heterocycles. The van der Waals surface area contributed by atoms with Crippen molar-refractivity contribution in [1.82, 2.24) is 15.2 Å². The molecular formula is C22H26ClN3O3. The van der Waals surface area contributed by atoms with Crippen LogP contribution in [-0.2, 0) is 13.1 Å². The van der Waals surface area contributed by atoms with Gasteiger partial charge in [-0.05, 0) is 49.5 Å². The zero-order valence-corrected chi connectivity index (χ0v) is 17.4. The highest BCUT2D eigenvalue weighted by Gasteiger charge is 2.29. The maximum absolute atomic E-state index is 10.5. The summed E-state index contributed by atoms with van der Waals surface area (Å²) in [5.41, 5.74) is 5.68. The Balaban J connectivity index is 1.79. The maximum Gasteiger partial charge on any atom is 0.138 e. The van der Waals surface area contributed by atoms with Gasteiger partial charge in [0.1, 0.15) is 12.0 Å². The van der Waals surface area contributed by atoms with Crippen LogP contribution in [0.4, 0.5) is 0 Å². The van der Waals surface area contributed by atoms with Crippen molar-refractivity contribution in [2.45, 2.75) is 25.7 Å². The normalized spacial score (nSPS) is 16.0. The molecule has 6 nitrogen and oxygen atoms in total. The first kappa shape index (κ1) is 20.2. The molecule has 0 saturated heterocycles. The molecule has 0 radical (unpaired) electrons. The molecule has 3 aromatic rings. The molecule has 1 unspecified atom stereocenters. The highest BCUT2D eigenvalue weighted by Crippen LogP contribution is 2.43. The SMILES string of the molecule is CN(C)Cc1ccc2[nH]c(-c3cc(OCCCO)c(Cl)c4c3C(O)NC4)cc2c1. The molecule has 154 valence electrons. The molecule has 0 saturated carbocycles. The standard InChI is InChI=1S/C22H26ClN3O3/c1-26(2)12-13-4-5-17-14(8-13)9-18(25-17)15-10-19(29-7-3-6-27)21(23)16-11-24-22(28)20(15)16/h4-5,8-10,22,24-25,27-28H,3,6-7,11-12H2,1-2H3. The number of rotatable bonds is 7. The van der Waals surface area contributed by atoms with E-state index in [1.54, 1.807) is 0 Å². The number of aliphatic hydroxyl groups excluding tert-OH is 2. The molecule has 1 aliphatic rings. The van der Waals surface area contributed by atoms with E-state index in [2.05, 4.69) is 53.6 Å². The Bertz CT molecular complexity index is 1030. The van der Waals surface area contributed by atoms with Crippen molar-refractivity contribution in [2.75, 3.05) is 27.3 Å². The van der Waals surface area contributed by atoms with Crippen LogP contribution in [-0.4, -0.2) is 47.4 Å². The van der Waals surface area contributed by atoms with Crippen LogP contribution in [0.3, 0.4) is 0 Å². The van der Waals surface area contributed by atoms with Gasteiger partial charge in [0.05, 0.1) is 11.6 Å². The van der Waals surface area contributed by atoms with Crippen LogP contribution in [0, 0.1) is 0 Å². The number of nitrogens with one attached hydrogen (secondary N) is 2. The minimum absolute atomic E-state index is 0.0625. The van der Waals surface area contributed by atoms with Crippen molar-refractivity contribution in [3.8, 4) is 17.0 Å². The third kappa shape index (κ3) is 3.99. The monoisotopic (exact) mass is 415 g/mol. The van der Waals surface area contributed by atoms with E-state index in [0.717, 1.165) is 39.8 Å². The molecule has 0 bridgehead atoms. The topological polar surface area (TPSA) is 80.8 Å². The summed E-state index contributed by atoms with van der Waals surface area (Å²) < 4.78 is 5.82. The van der Waals surface area contributed by atoms with Crippen LogP contribution in [0.2, 0.25) is 5.02 Å². The van der Waals surface area contributed by atoms with E-state index in [1.807, 2.05) is 6.07 Å². The van der Waals surface area contributed by atoms with E-state index < -0.39 is 6.23 Å². The Kier molecular flexibility index (Phi) is 5.81. The fourth-order valence-corrected chi connectivity index (χ4v) is 4.13. The Labute approximate surface area is 175 Å². The number of aromatic amines is 1. The molecule has 2 heterocycles. The summed E-state index contributed by atoms with van der Waals surface area (Å²) in [7, 11) is 4.10. The van der Waals surface area contributed by atoms with Crippen molar-refractivity contribution in [2.24, 2.45) is 0 Å². The zero-order chi connectivity index (χ0) is 20.5.